The fourth-order valence-electron chi connectivity index (χ4n) is 4.07. The van der Waals surface area contributed by atoms with Crippen LogP contribution in [0.4, 0.5) is 0 Å². The summed E-state index contributed by atoms with van der Waals surface area (Å²) in [6.45, 7) is 2.60. The van der Waals surface area contributed by atoms with Gasteiger partial charge in [0.05, 0.1) is 24.2 Å². The number of ether oxygens (including phenoxy) is 4. The van der Waals surface area contributed by atoms with Gasteiger partial charge in [-0.25, -0.2) is 4.98 Å². The standard InChI is InChI=1S/C28H26BrN3O5/c1-3-4-8-26-31-22-11-10-20(29)14-21(22)28(33)32(26)30-15-19-6-5-7-24(34-2)27(19)35-16-18-9-12-23-25(13-18)37-17-36-23/h5-7,9-15H,3-4,8,16-17H2,1-2H3. The third-order valence-electron chi connectivity index (χ3n) is 5.99. The summed E-state index contributed by atoms with van der Waals surface area (Å²) in [5.41, 5.74) is 2.02. The topological polar surface area (TPSA) is 84.2 Å². The minimum absolute atomic E-state index is 0.215. The molecule has 0 radical (unpaired) electrons. The Balaban J connectivity index is 1.49. The Morgan fingerprint density at radius 2 is 2.00 bits per heavy atom. The van der Waals surface area contributed by atoms with E-state index in [1.165, 1.54) is 4.68 Å². The van der Waals surface area contributed by atoms with Crippen molar-refractivity contribution in [3.8, 4) is 23.0 Å². The summed E-state index contributed by atoms with van der Waals surface area (Å²) < 4.78 is 24.8. The van der Waals surface area contributed by atoms with Crippen LogP contribution < -0.4 is 24.5 Å². The molecule has 0 fully saturated rings. The second-order valence-corrected chi connectivity index (χ2v) is 9.43. The van der Waals surface area contributed by atoms with Gasteiger partial charge in [-0.1, -0.05) is 41.4 Å². The molecule has 0 N–H and O–H groups in total. The first kappa shape index (κ1) is 24.8. The van der Waals surface area contributed by atoms with Crippen molar-refractivity contribution in [3.05, 3.63) is 86.4 Å². The Labute approximate surface area is 222 Å². The van der Waals surface area contributed by atoms with Gasteiger partial charge in [0, 0.05) is 16.5 Å². The fourth-order valence-corrected chi connectivity index (χ4v) is 4.43. The molecule has 1 aliphatic rings. The molecule has 2 heterocycles. The average molecular weight is 564 g/mol. The van der Waals surface area contributed by atoms with E-state index < -0.39 is 0 Å². The molecule has 0 saturated carbocycles. The molecule has 0 bridgehead atoms. The molecular formula is C28H26BrN3O5. The lowest BCUT2D eigenvalue weighted by atomic mass is 10.2. The highest BCUT2D eigenvalue weighted by molar-refractivity contribution is 9.10. The van der Waals surface area contributed by atoms with Crippen molar-refractivity contribution < 1.29 is 18.9 Å². The monoisotopic (exact) mass is 563 g/mol. The van der Waals surface area contributed by atoms with Crippen LogP contribution in [0.2, 0.25) is 0 Å². The molecule has 0 aliphatic carbocycles. The van der Waals surface area contributed by atoms with Crippen LogP contribution in [0.15, 0.2) is 69.0 Å². The molecule has 0 unspecified atom stereocenters. The van der Waals surface area contributed by atoms with Crippen molar-refractivity contribution in [1.29, 1.82) is 0 Å². The van der Waals surface area contributed by atoms with E-state index in [1.807, 2.05) is 48.5 Å². The number of benzene rings is 3. The number of fused-ring (bicyclic) bond motifs is 2. The van der Waals surface area contributed by atoms with Crippen LogP contribution in [0.3, 0.4) is 0 Å². The molecule has 1 aliphatic heterocycles. The SMILES string of the molecule is CCCCc1nc2ccc(Br)cc2c(=O)n1N=Cc1cccc(OC)c1OCc1ccc2c(c1)OCO2. The number of halogens is 1. The first-order valence-corrected chi connectivity index (χ1v) is 12.8. The zero-order chi connectivity index (χ0) is 25.8. The van der Waals surface area contributed by atoms with Crippen LogP contribution in [-0.2, 0) is 13.0 Å². The van der Waals surface area contributed by atoms with E-state index in [4.69, 9.17) is 23.9 Å². The number of aromatic nitrogens is 2. The van der Waals surface area contributed by atoms with E-state index >= 15 is 0 Å². The number of rotatable bonds is 9. The molecule has 9 heteroatoms. The molecule has 5 rings (SSSR count). The number of nitrogens with zero attached hydrogens (tertiary/aromatic N) is 3. The third-order valence-corrected chi connectivity index (χ3v) is 6.48. The molecular weight excluding hydrogens is 538 g/mol. The predicted molar refractivity (Wildman–Crippen MR) is 145 cm³/mol. The van der Waals surface area contributed by atoms with Crippen LogP contribution >= 0.6 is 15.9 Å². The van der Waals surface area contributed by atoms with Crippen molar-refractivity contribution >= 4 is 33.0 Å². The summed E-state index contributed by atoms with van der Waals surface area (Å²) in [5, 5.41) is 5.07. The summed E-state index contributed by atoms with van der Waals surface area (Å²) in [6.07, 6.45) is 4.12. The minimum Gasteiger partial charge on any atom is -0.493 e. The third kappa shape index (κ3) is 5.32. The second-order valence-electron chi connectivity index (χ2n) is 8.51. The summed E-state index contributed by atoms with van der Waals surface area (Å²) in [6, 6.07) is 16.7. The number of hydrogen-bond donors (Lipinski definition) is 0. The molecule has 0 atom stereocenters. The van der Waals surface area contributed by atoms with Gasteiger partial charge in [0.1, 0.15) is 12.4 Å². The van der Waals surface area contributed by atoms with Gasteiger partial charge in [-0.15, -0.1) is 0 Å². The fraction of sp³-hybridized carbons (Fsp3) is 0.250. The van der Waals surface area contributed by atoms with Crippen molar-refractivity contribution in [2.24, 2.45) is 5.10 Å². The van der Waals surface area contributed by atoms with Gasteiger partial charge in [0.25, 0.3) is 5.56 Å². The molecule has 1 aromatic heterocycles. The van der Waals surface area contributed by atoms with Gasteiger partial charge in [0.15, 0.2) is 23.0 Å². The van der Waals surface area contributed by atoms with Gasteiger partial charge >= 0.3 is 0 Å². The lowest BCUT2D eigenvalue weighted by molar-refractivity contribution is 0.174. The van der Waals surface area contributed by atoms with Gasteiger partial charge in [-0.3, -0.25) is 4.79 Å². The van der Waals surface area contributed by atoms with Crippen LogP contribution in [0, 0.1) is 0 Å². The second kappa shape index (κ2) is 11.0. The van der Waals surface area contributed by atoms with Crippen LogP contribution in [-0.4, -0.2) is 29.8 Å². The smallest absolute Gasteiger partial charge is 0.282 e. The Morgan fingerprint density at radius 3 is 2.84 bits per heavy atom. The summed E-state index contributed by atoms with van der Waals surface area (Å²) in [7, 11) is 1.59. The normalized spacial score (nSPS) is 12.4. The maximum absolute atomic E-state index is 13.4. The number of unbranched alkanes of at least 4 members (excludes halogenated alkanes) is 1. The Morgan fingerprint density at radius 1 is 1.14 bits per heavy atom. The summed E-state index contributed by atoms with van der Waals surface area (Å²) in [5.74, 6) is 3.10. The van der Waals surface area contributed by atoms with Crippen molar-refractivity contribution in [2.45, 2.75) is 32.8 Å². The van der Waals surface area contributed by atoms with E-state index in [9.17, 15) is 4.79 Å². The Bertz CT molecular complexity index is 1530. The van der Waals surface area contributed by atoms with Crippen LogP contribution in [0.1, 0.15) is 36.7 Å². The molecule has 190 valence electrons. The number of methoxy groups -OCH3 is 1. The number of hydrogen-bond acceptors (Lipinski definition) is 7. The lowest BCUT2D eigenvalue weighted by Crippen LogP contribution is -2.22. The molecule has 37 heavy (non-hydrogen) atoms. The largest absolute Gasteiger partial charge is 0.493 e. The zero-order valence-electron chi connectivity index (χ0n) is 20.6. The molecule has 0 amide bonds. The van der Waals surface area contributed by atoms with Crippen LogP contribution in [0.25, 0.3) is 10.9 Å². The predicted octanol–water partition coefficient (Wildman–Crippen LogP) is 5.70. The highest BCUT2D eigenvalue weighted by atomic mass is 79.9. The summed E-state index contributed by atoms with van der Waals surface area (Å²) in [4.78, 5) is 18.1. The number of para-hydroxylation sites is 1. The average Bonchev–Trinajstić information content (AvgIpc) is 3.39. The van der Waals surface area contributed by atoms with Crippen LogP contribution in [0.5, 0.6) is 23.0 Å². The Kier molecular flexibility index (Phi) is 7.41. The maximum atomic E-state index is 13.4. The molecule has 8 nitrogen and oxygen atoms in total. The number of aryl methyl sites for hydroxylation is 1. The lowest BCUT2D eigenvalue weighted by Gasteiger charge is -2.14. The maximum Gasteiger partial charge on any atom is 0.282 e. The van der Waals surface area contributed by atoms with Crippen molar-refractivity contribution in [1.82, 2.24) is 9.66 Å². The highest BCUT2D eigenvalue weighted by Crippen LogP contribution is 2.34. The Hall–Kier alpha value is -3.85. The van der Waals surface area contributed by atoms with E-state index in [0.29, 0.717) is 51.7 Å². The summed E-state index contributed by atoms with van der Waals surface area (Å²) >= 11 is 3.45. The van der Waals surface area contributed by atoms with Gasteiger partial charge < -0.3 is 18.9 Å². The van der Waals surface area contributed by atoms with E-state index in [0.717, 1.165) is 22.9 Å². The molecule has 0 spiro atoms. The minimum atomic E-state index is -0.223. The van der Waals surface area contributed by atoms with Gasteiger partial charge in [-0.05, 0) is 54.4 Å². The highest BCUT2D eigenvalue weighted by Gasteiger charge is 2.16. The van der Waals surface area contributed by atoms with Gasteiger partial charge in [0.2, 0.25) is 6.79 Å². The van der Waals surface area contributed by atoms with Gasteiger partial charge in [-0.2, -0.15) is 9.78 Å². The molecule has 0 saturated heterocycles. The van der Waals surface area contributed by atoms with E-state index in [-0.39, 0.29) is 19.0 Å². The molecule has 4 aromatic rings. The van der Waals surface area contributed by atoms with Crippen molar-refractivity contribution in [3.63, 3.8) is 0 Å². The van der Waals surface area contributed by atoms with E-state index in [2.05, 4.69) is 28.0 Å². The van der Waals surface area contributed by atoms with E-state index in [1.54, 1.807) is 19.4 Å². The zero-order valence-corrected chi connectivity index (χ0v) is 22.2. The molecule has 3 aromatic carbocycles. The van der Waals surface area contributed by atoms with Crippen molar-refractivity contribution in [2.75, 3.05) is 13.9 Å². The quantitative estimate of drug-likeness (QED) is 0.243. The first-order chi connectivity index (χ1) is 18.1. The first-order valence-electron chi connectivity index (χ1n) is 12.0.